The van der Waals surface area contributed by atoms with Crippen LogP contribution in [0.15, 0.2) is 48.5 Å². The van der Waals surface area contributed by atoms with E-state index in [1.165, 1.54) is 0 Å². The lowest BCUT2D eigenvalue weighted by molar-refractivity contribution is 0.101. The number of aromatic nitrogens is 1. The predicted octanol–water partition coefficient (Wildman–Crippen LogP) is 4.05. The van der Waals surface area contributed by atoms with E-state index in [0.29, 0.717) is 0 Å². The molecule has 0 aliphatic rings. The number of ether oxygens (including phenoxy) is 1. The summed E-state index contributed by atoms with van der Waals surface area (Å²) in [6, 6.07) is 15.6. The number of hydrogen-bond acceptors (Lipinski definition) is 2. The number of aromatic amines is 1. The molecule has 0 spiro atoms. The average molecular weight is 265 g/mol. The molecule has 0 amide bonds. The Bertz CT molecular complexity index is 769. The van der Waals surface area contributed by atoms with E-state index in [-0.39, 0.29) is 5.78 Å². The first-order valence-corrected chi connectivity index (χ1v) is 6.45. The number of hydrogen-bond donors (Lipinski definition) is 1. The van der Waals surface area contributed by atoms with Crippen molar-refractivity contribution in [3.8, 4) is 17.0 Å². The Kier molecular flexibility index (Phi) is 3.03. The van der Waals surface area contributed by atoms with Gasteiger partial charge in [0.05, 0.1) is 7.11 Å². The zero-order valence-corrected chi connectivity index (χ0v) is 11.4. The highest BCUT2D eigenvalue weighted by Gasteiger charge is 2.05. The van der Waals surface area contributed by atoms with Crippen molar-refractivity contribution >= 4 is 16.7 Å². The summed E-state index contributed by atoms with van der Waals surface area (Å²) in [7, 11) is 1.66. The summed E-state index contributed by atoms with van der Waals surface area (Å²) < 4.78 is 5.23. The Hall–Kier alpha value is -2.55. The molecule has 3 aromatic rings. The minimum atomic E-state index is 0.0814. The third-order valence-corrected chi connectivity index (χ3v) is 3.43. The second-order valence-corrected chi connectivity index (χ2v) is 4.77. The molecular formula is C17H15NO2. The molecule has 20 heavy (non-hydrogen) atoms. The summed E-state index contributed by atoms with van der Waals surface area (Å²) in [5.74, 6) is 0.924. The molecule has 3 nitrogen and oxygen atoms in total. The van der Waals surface area contributed by atoms with Crippen LogP contribution in [0.1, 0.15) is 17.3 Å². The molecule has 0 saturated carbocycles. The van der Waals surface area contributed by atoms with E-state index in [9.17, 15) is 4.79 Å². The SMILES string of the molecule is COc1ccc2[nH]c(-c3ccc(C(C)=O)cc3)cc2c1. The number of Topliss-reactive ketones (excluding diaryl/α,β-unsaturated/α-hetero) is 1. The number of ketones is 1. The molecule has 2 aromatic carbocycles. The second kappa shape index (κ2) is 4.85. The minimum Gasteiger partial charge on any atom is -0.497 e. The van der Waals surface area contributed by atoms with E-state index < -0.39 is 0 Å². The van der Waals surface area contributed by atoms with Gasteiger partial charge in [0, 0.05) is 22.2 Å². The molecule has 0 saturated heterocycles. The normalized spacial score (nSPS) is 10.7. The van der Waals surface area contributed by atoms with E-state index in [4.69, 9.17) is 4.74 Å². The molecular weight excluding hydrogens is 250 g/mol. The van der Waals surface area contributed by atoms with Gasteiger partial charge in [-0.05, 0) is 36.8 Å². The highest BCUT2D eigenvalue weighted by atomic mass is 16.5. The maximum absolute atomic E-state index is 11.3. The van der Waals surface area contributed by atoms with Gasteiger partial charge in [0.15, 0.2) is 5.78 Å². The van der Waals surface area contributed by atoms with Crippen LogP contribution in [0.5, 0.6) is 5.75 Å². The lowest BCUT2D eigenvalue weighted by Crippen LogP contribution is -1.90. The van der Waals surface area contributed by atoms with Gasteiger partial charge < -0.3 is 9.72 Å². The van der Waals surface area contributed by atoms with Crippen LogP contribution >= 0.6 is 0 Å². The summed E-state index contributed by atoms with van der Waals surface area (Å²) in [5.41, 5.74) is 3.89. The molecule has 0 fully saturated rings. The van der Waals surface area contributed by atoms with Crippen LogP contribution in [-0.2, 0) is 0 Å². The third-order valence-electron chi connectivity index (χ3n) is 3.43. The van der Waals surface area contributed by atoms with Crippen LogP contribution < -0.4 is 4.74 Å². The fraction of sp³-hybridized carbons (Fsp3) is 0.118. The van der Waals surface area contributed by atoms with Crippen LogP contribution in [0.4, 0.5) is 0 Å². The number of carbonyl (C=O) groups excluding carboxylic acids is 1. The molecule has 3 rings (SSSR count). The molecule has 100 valence electrons. The van der Waals surface area contributed by atoms with Crippen LogP contribution in [0.2, 0.25) is 0 Å². The zero-order valence-electron chi connectivity index (χ0n) is 11.4. The quantitative estimate of drug-likeness (QED) is 0.726. The Balaban J connectivity index is 2.03. The van der Waals surface area contributed by atoms with Crippen molar-refractivity contribution in [1.29, 1.82) is 0 Å². The number of benzene rings is 2. The van der Waals surface area contributed by atoms with Crippen LogP contribution in [0, 0.1) is 0 Å². The fourth-order valence-corrected chi connectivity index (χ4v) is 2.28. The maximum atomic E-state index is 11.3. The minimum absolute atomic E-state index is 0.0814. The first kappa shape index (κ1) is 12.5. The van der Waals surface area contributed by atoms with Crippen molar-refractivity contribution in [3.05, 3.63) is 54.1 Å². The van der Waals surface area contributed by atoms with E-state index in [0.717, 1.165) is 33.5 Å². The molecule has 0 atom stereocenters. The summed E-state index contributed by atoms with van der Waals surface area (Å²) >= 11 is 0. The standard InChI is InChI=1S/C17H15NO2/c1-11(19)12-3-5-13(6-4-12)17-10-14-9-15(20-2)7-8-16(14)18-17/h3-10,18H,1-2H3. The molecule has 0 bridgehead atoms. The lowest BCUT2D eigenvalue weighted by Gasteiger charge is -1.99. The topological polar surface area (TPSA) is 42.1 Å². The van der Waals surface area contributed by atoms with Crippen molar-refractivity contribution in [2.75, 3.05) is 7.11 Å². The van der Waals surface area contributed by atoms with Gasteiger partial charge in [-0.25, -0.2) is 0 Å². The Labute approximate surface area is 117 Å². The first-order chi connectivity index (χ1) is 9.67. The van der Waals surface area contributed by atoms with Gasteiger partial charge >= 0.3 is 0 Å². The van der Waals surface area contributed by atoms with Gasteiger partial charge in [0.2, 0.25) is 0 Å². The molecule has 1 aromatic heterocycles. The van der Waals surface area contributed by atoms with Gasteiger partial charge in [0.25, 0.3) is 0 Å². The maximum Gasteiger partial charge on any atom is 0.159 e. The van der Waals surface area contributed by atoms with Gasteiger partial charge in [-0.1, -0.05) is 24.3 Å². The molecule has 1 N–H and O–H groups in total. The number of fused-ring (bicyclic) bond motifs is 1. The Morgan fingerprint density at radius 2 is 1.80 bits per heavy atom. The van der Waals surface area contributed by atoms with Gasteiger partial charge in [-0.15, -0.1) is 0 Å². The molecule has 3 heteroatoms. The zero-order chi connectivity index (χ0) is 14.1. The fourth-order valence-electron chi connectivity index (χ4n) is 2.28. The van der Waals surface area contributed by atoms with Crippen LogP contribution in [-0.4, -0.2) is 17.9 Å². The van der Waals surface area contributed by atoms with Gasteiger partial charge in [-0.2, -0.15) is 0 Å². The molecule has 0 aliphatic carbocycles. The summed E-state index contributed by atoms with van der Waals surface area (Å²) in [4.78, 5) is 14.7. The highest BCUT2D eigenvalue weighted by Crippen LogP contribution is 2.27. The monoisotopic (exact) mass is 265 g/mol. The number of H-pyrrole nitrogens is 1. The number of rotatable bonds is 3. The average Bonchev–Trinajstić information content (AvgIpc) is 2.90. The predicted molar refractivity (Wildman–Crippen MR) is 80.3 cm³/mol. The van der Waals surface area contributed by atoms with Crippen molar-refractivity contribution in [2.24, 2.45) is 0 Å². The third kappa shape index (κ3) is 2.18. The smallest absolute Gasteiger partial charge is 0.159 e. The summed E-state index contributed by atoms with van der Waals surface area (Å²) in [6.07, 6.45) is 0. The van der Waals surface area contributed by atoms with E-state index in [1.54, 1.807) is 14.0 Å². The van der Waals surface area contributed by atoms with E-state index >= 15 is 0 Å². The molecule has 0 radical (unpaired) electrons. The van der Waals surface area contributed by atoms with Crippen molar-refractivity contribution in [1.82, 2.24) is 4.98 Å². The number of nitrogens with one attached hydrogen (secondary N) is 1. The van der Waals surface area contributed by atoms with Crippen LogP contribution in [0.25, 0.3) is 22.2 Å². The Morgan fingerprint density at radius 1 is 1.05 bits per heavy atom. The summed E-state index contributed by atoms with van der Waals surface area (Å²) in [6.45, 7) is 1.57. The largest absolute Gasteiger partial charge is 0.497 e. The van der Waals surface area contributed by atoms with Crippen LogP contribution in [0.3, 0.4) is 0 Å². The Morgan fingerprint density at radius 3 is 2.45 bits per heavy atom. The second-order valence-electron chi connectivity index (χ2n) is 4.77. The highest BCUT2D eigenvalue weighted by molar-refractivity contribution is 5.94. The van der Waals surface area contributed by atoms with Gasteiger partial charge in [0.1, 0.15) is 5.75 Å². The van der Waals surface area contributed by atoms with Crippen molar-refractivity contribution in [2.45, 2.75) is 6.92 Å². The number of carbonyl (C=O) groups is 1. The summed E-state index contributed by atoms with van der Waals surface area (Å²) in [5, 5.41) is 1.11. The number of methoxy groups -OCH3 is 1. The van der Waals surface area contributed by atoms with Gasteiger partial charge in [-0.3, -0.25) is 4.79 Å². The molecule has 0 unspecified atom stereocenters. The van der Waals surface area contributed by atoms with E-state index in [1.807, 2.05) is 42.5 Å². The first-order valence-electron chi connectivity index (χ1n) is 6.45. The van der Waals surface area contributed by atoms with Crippen molar-refractivity contribution in [3.63, 3.8) is 0 Å². The van der Waals surface area contributed by atoms with E-state index in [2.05, 4.69) is 11.1 Å². The molecule has 0 aliphatic heterocycles. The lowest BCUT2D eigenvalue weighted by atomic mass is 10.1. The van der Waals surface area contributed by atoms with Crippen molar-refractivity contribution < 1.29 is 9.53 Å². The molecule has 1 heterocycles.